The molecule has 128 valence electrons. The molecule has 1 fully saturated rings. The second kappa shape index (κ2) is 7.34. The van der Waals surface area contributed by atoms with Crippen molar-refractivity contribution in [3.8, 4) is 0 Å². The lowest BCUT2D eigenvalue weighted by Gasteiger charge is -2.28. The largest absolute Gasteiger partial charge is 0.481 e. The van der Waals surface area contributed by atoms with E-state index in [0.29, 0.717) is 25.4 Å². The number of carboxylic acid groups (broad SMARTS) is 1. The van der Waals surface area contributed by atoms with Crippen LogP contribution in [0.25, 0.3) is 0 Å². The Balaban J connectivity index is 1.81. The van der Waals surface area contributed by atoms with Crippen molar-refractivity contribution < 1.29 is 23.1 Å². The second-order valence-corrected chi connectivity index (χ2v) is 6.32. The molecule has 0 saturated heterocycles. The van der Waals surface area contributed by atoms with E-state index in [1.165, 1.54) is 12.1 Å². The van der Waals surface area contributed by atoms with Crippen LogP contribution in [0.5, 0.6) is 0 Å². The number of hydrogen-bond acceptors (Lipinski definition) is 2. The Morgan fingerprint density at radius 1 is 1.22 bits per heavy atom. The fourth-order valence-electron chi connectivity index (χ4n) is 3.01. The lowest BCUT2D eigenvalue weighted by atomic mass is 9.86. The number of alkyl halides is 3. The summed E-state index contributed by atoms with van der Waals surface area (Å²) in [6, 6.07) is 5.57. The fourth-order valence-corrected chi connectivity index (χ4v) is 3.01. The number of nitrogens with one attached hydrogen (secondary N) is 1. The van der Waals surface area contributed by atoms with Gasteiger partial charge in [-0.2, -0.15) is 13.2 Å². The second-order valence-electron chi connectivity index (χ2n) is 6.32. The molecule has 0 radical (unpaired) electrons. The number of hydrogen-bond donors (Lipinski definition) is 2. The van der Waals surface area contributed by atoms with Crippen LogP contribution in [0.15, 0.2) is 24.3 Å². The van der Waals surface area contributed by atoms with Gasteiger partial charge in [0.2, 0.25) is 0 Å². The van der Waals surface area contributed by atoms with E-state index in [0.717, 1.165) is 30.5 Å². The zero-order valence-electron chi connectivity index (χ0n) is 13.1. The summed E-state index contributed by atoms with van der Waals surface area (Å²) >= 11 is 0. The van der Waals surface area contributed by atoms with Gasteiger partial charge >= 0.3 is 12.1 Å². The predicted molar refractivity (Wildman–Crippen MR) is 81.2 cm³/mol. The topological polar surface area (TPSA) is 49.3 Å². The van der Waals surface area contributed by atoms with E-state index in [2.05, 4.69) is 5.32 Å². The average Bonchev–Trinajstić information content (AvgIpc) is 2.52. The zero-order valence-corrected chi connectivity index (χ0v) is 13.1. The maximum absolute atomic E-state index is 12.5. The molecule has 1 atom stereocenters. The molecule has 0 amide bonds. The van der Waals surface area contributed by atoms with Gasteiger partial charge in [-0.3, -0.25) is 4.79 Å². The highest BCUT2D eigenvalue weighted by atomic mass is 19.4. The Labute approximate surface area is 133 Å². The smallest absolute Gasteiger partial charge is 0.416 e. The first kappa shape index (κ1) is 17.8. The van der Waals surface area contributed by atoms with Crippen LogP contribution in [0, 0.1) is 5.92 Å². The van der Waals surface area contributed by atoms with Crippen molar-refractivity contribution in [1.29, 1.82) is 0 Å². The molecular formula is C17H22F3NO2. The molecule has 0 bridgehead atoms. The molecule has 1 unspecified atom stereocenters. The summed E-state index contributed by atoms with van der Waals surface area (Å²) in [5.41, 5.74) is 0.234. The highest BCUT2D eigenvalue weighted by Gasteiger charge is 2.30. The fraction of sp³-hybridized carbons (Fsp3) is 0.588. The molecule has 23 heavy (non-hydrogen) atoms. The molecule has 0 aliphatic heterocycles. The van der Waals surface area contributed by atoms with Gasteiger partial charge in [0.15, 0.2) is 0 Å². The van der Waals surface area contributed by atoms with Crippen molar-refractivity contribution in [2.24, 2.45) is 5.92 Å². The van der Waals surface area contributed by atoms with Crippen LogP contribution in [-0.2, 0) is 11.0 Å². The molecule has 1 aliphatic carbocycles. The maximum atomic E-state index is 12.5. The summed E-state index contributed by atoms with van der Waals surface area (Å²) in [4.78, 5) is 10.9. The number of benzene rings is 1. The summed E-state index contributed by atoms with van der Waals surface area (Å²) in [5, 5.41) is 12.4. The molecule has 3 nitrogen and oxygen atoms in total. The Bertz CT molecular complexity index is 520. The third-order valence-electron chi connectivity index (χ3n) is 4.60. The summed E-state index contributed by atoms with van der Waals surface area (Å²) in [6.45, 7) is 2.65. The summed E-state index contributed by atoms with van der Waals surface area (Å²) in [7, 11) is 0. The molecule has 0 spiro atoms. The lowest BCUT2D eigenvalue weighted by molar-refractivity contribution is -0.143. The van der Waals surface area contributed by atoms with Crippen LogP contribution in [0.1, 0.15) is 49.7 Å². The third-order valence-corrected chi connectivity index (χ3v) is 4.60. The minimum atomic E-state index is -4.30. The summed E-state index contributed by atoms with van der Waals surface area (Å²) in [6.07, 6.45) is -1.28. The van der Waals surface area contributed by atoms with Gasteiger partial charge in [-0.05, 0) is 49.3 Å². The Hall–Kier alpha value is -1.56. The van der Waals surface area contributed by atoms with Crippen LogP contribution in [0.2, 0.25) is 0 Å². The first-order valence-electron chi connectivity index (χ1n) is 7.90. The number of halogens is 3. The van der Waals surface area contributed by atoms with E-state index in [4.69, 9.17) is 5.11 Å². The van der Waals surface area contributed by atoms with E-state index in [1.807, 2.05) is 6.92 Å². The van der Waals surface area contributed by atoms with E-state index in [9.17, 15) is 18.0 Å². The van der Waals surface area contributed by atoms with Crippen LogP contribution in [0.4, 0.5) is 13.2 Å². The molecule has 2 N–H and O–H groups in total. The summed E-state index contributed by atoms with van der Waals surface area (Å²) in [5.74, 6) is -0.851. The van der Waals surface area contributed by atoms with Gasteiger partial charge in [0, 0.05) is 12.6 Å². The summed E-state index contributed by atoms with van der Waals surface area (Å²) < 4.78 is 37.6. The van der Waals surface area contributed by atoms with Crippen LogP contribution in [-0.4, -0.2) is 23.7 Å². The average molecular weight is 329 g/mol. The van der Waals surface area contributed by atoms with E-state index >= 15 is 0 Å². The standard InChI is InChI=1S/C17H22F3NO2/c1-11(12-2-6-14(7-3-12)17(18,19)20)10-21-15-8-4-13(5-9-15)16(22)23/h2-3,6-7,11,13,15,21H,4-5,8-10H2,1H3,(H,22,23). The molecule has 1 aromatic carbocycles. The highest BCUT2D eigenvalue weighted by Crippen LogP contribution is 2.30. The van der Waals surface area contributed by atoms with E-state index in [1.54, 1.807) is 0 Å². The minimum Gasteiger partial charge on any atom is -0.481 e. The van der Waals surface area contributed by atoms with Crippen molar-refractivity contribution in [3.05, 3.63) is 35.4 Å². The first-order chi connectivity index (χ1) is 10.8. The first-order valence-corrected chi connectivity index (χ1v) is 7.90. The number of carbonyl (C=O) groups is 1. The van der Waals surface area contributed by atoms with Crippen LogP contribution in [0.3, 0.4) is 0 Å². The lowest BCUT2D eigenvalue weighted by Crippen LogP contribution is -2.36. The van der Waals surface area contributed by atoms with Gasteiger partial charge in [0.05, 0.1) is 11.5 Å². The Kier molecular flexibility index (Phi) is 5.68. The number of carboxylic acids is 1. The van der Waals surface area contributed by atoms with Crippen molar-refractivity contribution in [3.63, 3.8) is 0 Å². The van der Waals surface area contributed by atoms with Crippen molar-refractivity contribution >= 4 is 5.97 Å². The molecule has 6 heteroatoms. The predicted octanol–water partition coefficient (Wildman–Crippen LogP) is 4.04. The minimum absolute atomic E-state index is 0.106. The molecule has 0 heterocycles. The third kappa shape index (κ3) is 4.96. The zero-order chi connectivity index (χ0) is 17.0. The Morgan fingerprint density at radius 2 is 1.78 bits per heavy atom. The monoisotopic (exact) mass is 329 g/mol. The maximum Gasteiger partial charge on any atom is 0.416 e. The van der Waals surface area contributed by atoms with Crippen LogP contribution < -0.4 is 5.32 Å². The van der Waals surface area contributed by atoms with Gasteiger partial charge in [-0.1, -0.05) is 19.1 Å². The van der Waals surface area contributed by atoms with Crippen molar-refractivity contribution in [2.75, 3.05) is 6.54 Å². The van der Waals surface area contributed by atoms with Gasteiger partial charge < -0.3 is 10.4 Å². The van der Waals surface area contributed by atoms with Gasteiger partial charge in [0.1, 0.15) is 0 Å². The number of aliphatic carboxylic acids is 1. The molecule has 2 rings (SSSR count). The van der Waals surface area contributed by atoms with Crippen LogP contribution >= 0.6 is 0 Å². The molecular weight excluding hydrogens is 307 g/mol. The van der Waals surface area contributed by atoms with E-state index in [-0.39, 0.29) is 11.8 Å². The number of rotatable bonds is 5. The molecule has 0 aromatic heterocycles. The van der Waals surface area contributed by atoms with Gasteiger partial charge in [-0.25, -0.2) is 0 Å². The molecule has 1 aromatic rings. The van der Waals surface area contributed by atoms with E-state index < -0.39 is 17.7 Å². The quantitative estimate of drug-likeness (QED) is 0.857. The SMILES string of the molecule is CC(CNC1CCC(C(=O)O)CC1)c1ccc(C(F)(F)F)cc1. The van der Waals surface area contributed by atoms with Crippen molar-refractivity contribution in [1.82, 2.24) is 5.32 Å². The normalized spacial score (nSPS) is 23.5. The van der Waals surface area contributed by atoms with Gasteiger partial charge in [0.25, 0.3) is 0 Å². The van der Waals surface area contributed by atoms with Crippen molar-refractivity contribution in [2.45, 2.75) is 50.7 Å². The highest BCUT2D eigenvalue weighted by molar-refractivity contribution is 5.70. The Morgan fingerprint density at radius 3 is 2.26 bits per heavy atom. The van der Waals surface area contributed by atoms with Gasteiger partial charge in [-0.15, -0.1) is 0 Å². The molecule has 1 saturated carbocycles. The molecule has 1 aliphatic rings.